The number of likely N-dealkylation sites (tertiary alicyclic amines) is 1. The number of aryl methyl sites for hydroxylation is 1. The third-order valence-corrected chi connectivity index (χ3v) is 8.30. The molecular formula is C31H35N5O5S. The Kier molecular flexibility index (Phi) is 7.96. The van der Waals surface area contributed by atoms with Crippen LogP contribution in [0, 0.1) is 6.92 Å². The predicted molar refractivity (Wildman–Crippen MR) is 162 cm³/mol. The van der Waals surface area contributed by atoms with Crippen molar-refractivity contribution in [2.45, 2.75) is 63.5 Å². The minimum Gasteiger partial charge on any atom is -0.444 e. The van der Waals surface area contributed by atoms with E-state index < -0.39 is 27.8 Å². The van der Waals surface area contributed by atoms with Crippen molar-refractivity contribution < 1.29 is 22.7 Å². The van der Waals surface area contributed by atoms with E-state index in [1.807, 2.05) is 37.3 Å². The van der Waals surface area contributed by atoms with Crippen LogP contribution in [0.3, 0.4) is 0 Å². The molecule has 1 saturated heterocycles. The largest absolute Gasteiger partial charge is 0.444 e. The van der Waals surface area contributed by atoms with Crippen molar-refractivity contribution >= 4 is 44.4 Å². The number of sulfonamides is 1. The van der Waals surface area contributed by atoms with E-state index in [0.717, 1.165) is 17.5 Å². The summed E-state index contributed by atoms with van der Waals surface area (Å²) >= 11 is 0. The molecule has 220 valence electrons. The van der Waals surface area contributed by atoms with Crippen LogP contribution in [0.2, 0.25) is 0 Å². The summed E-state index contributed by atoms with van der Waals surface area (Å²) in [5, 5.41) is 2.91. The quantitative estimate of drug-likeness (QED) is 0.257. The molecule has 0 bridgehead atoms. The summed E-state index contributed by atoms with van der Waals surface area (Å²) in [6.07, 6.45) is 1.32. The molecule has 0 spiro atoms. The second-order valence-electron chi connectivity index (χ2n) is 11.5. The molecule has 3 aromatic carbocycles. The van der Waals surface area contributed by atoms with Crippen LogP contribution < -0.4 is 10.0 Å². The number of fused-ring (bicyclic) bond motifs is 1. The smallest absolute Gasteiger partial charge is 0.410 e. The summed E-state index contributed by atoms with van der Waals surface area (Å²) < 4.78 is 34.0. The maximum atomic E-state index is 13.0. The van der Waals surface area contributed by atoms with E-state index in [2.05, 4.69) is 20.0 Å². The second-order valence-corrected chi connectivity index (χ2v) is 13.2. The highest BCUT2D eigenvalue weighted by molar-refractivity contribution is 7.92. The minimum atomic E-state index is -3.78. The summed E-state index contributed by atoms with van der Waals surface area (Å²) in [6.45, 7) is 7.79. The Morgan fingerprint density at radius 3 is 2.45 bits per heavy atom. The number of para-hydroxylation sites is 1. The van der Waals surface area contributed by atoms with Gasteiger partial charge in [-0.05, 0) is 82.5 Å². The van der Waals surface area contributed by atoms with Gasteiger partial charge in [0.1, 0.15) is 23.0 Å². The van der Waals surface area contributed by atoms with Gasteiger partial charge in [0.15, 0.2) is 0 Å². The highest BCUT2D eigenvalue weighted by Gasteiger charge is 2.36. The first-order chi connectivity index (χ1) is 19.9. The number of imidazole rings is 1. The topological polar surface area (TPSA) is 133 Å². The standard InChI is InChI=1S/C31H35N5O5S/c1-20-10-16-23(17-11-20)42(39,40)35-25-8-5-7-24-28(25)34-27(33-24)19-21-12-14-22(15-13-21)32-29(37)26-9-6-18-36(26)30(38)41-31(2,3)4/h5,7-8,10-17,26,35H,6,9,18-19H2,1-4H3,(H,32,37)(H,33,34)/t26-/m0/s1. The molecular weight excluding hydrogens is 554 g/mol. The molecule has 2 heterocycles. The molecule has 1 fully saturated rings. The number of carbonyl (C=O) groups excluding carboxylic acids is 2. The van der Waals surface area contributed by atoms with Crippen LogP contribution in [0.5, 0.6) is 0 Å². The Hall–Kier alpha value is -4.38. The van der Waals surface area contributed by atoms with Crippen molar-refractivity contribution in [1.82, 2.24) is 14.9 Å². The average molecular weight is 590 g/mol. The monoisotopic (exact) mass is 589 g/mol. The minimum absolute atomic E-state index is 0.179. The first-order valence-electron chi connectivity index (χ1n) is 13.8. The number of H-pyrrole nitrogens is 1. The Balaban J connectivity index is 1.25. The number of nitrogens with zero attached hydrogens (tertiary/aromatic N) is 2. The number of anilines is 2. The number of carbonyl (C=O) groups is 2. The number of rotatable bonds is 7. The summed E-state index contributed by atoms with van der Waals surface area (Å²) in [7, 11) is -3.78. The van der Waals surface area contributed by atoms with Crippen molar-refractivity contribution in [1.29, 1.82) is 0 Å². The molecule has 0 radical (unpaired) electrons. The molecule has 1 aromatic heterocycles. The lowest BCUT2D eigenvalue weighted by Gasteiger charge is -2.28. The number of amides is 2. The fourth-order valence-corrected chi connectivity index (χ4v) is 5.94. The fraction of sp³-hybridized carbons (Fsp3) is 0.323. The van der Waals surface area contributed by atoms with Crippen LogP contribution in [0.1, 0.15) is 50.6 Å². The van der Waals surface area contributed by atoms with Crippen molar-refractivity contribution in [2.24, 2.45) is 0 Å². The molecule has 10 nitrogen and oxygen atoms in total. The Morgan fingerprint density at radius 2 is 1.76 bits per heavy atom. The van der Waals surface area contributed by atoms with Crippen LogP contribution in [0.4, 0.5) is 16.2 Å². The summed E-state index contributed by atoms with van der Waals surface area (Å²) in [6, 6.07) is 18.8. The van der Waals surface area contributed by atoms with E-state index in [-0.39, 0.29) is 10.8 Å². The van der Waals surface area contributed by atoms with Crippen LogP contribution in [0.15, 0.2) is 71.6 Å². The highest BCUT2D eigenvalue weighted by atomic mass is 32.2. The number of hydrogen-bond acceptors (Lipinski definition) is 6. The summed E-state index contributed by atoms with van der Waals surface area (Å²) in [5.74, 6) is 0.423. The lowest BCUT2D eigenvalue weighted by Crippen LogP contribution is -2.45. The van der Waals surface area contributed by atoms with Gasteiger partial charge >= 0.3 is 6.09 Å². The molecule has 3 N–H and O–H groups in total. The van der Waals surface area contributed by atoms with Gasteiger partial charge in [-0.1, -0.05) is 35.9 Å². The molecule has 5 rings (SSSR count). The van der Waals surface area contributed by atoms with Gasteiger partial charge in [0, 0.05) is 18.7 Å². The van der Waals surface area contributed by atoms with Crippen molar-refractivity contribution in [3.8, 4) is 0 Å². The first kappa shape index (κ1) is 29.1. The number of benzene rings is 3. The van der Waals surface area contributed by atoms with E-state index in [1.54, 1.807) is 57.2 Å². The van der Waals surface area contributed by atoms with E-state index in [4.69, 9.17) is 4.74 Å². The fourth-order valence-electron chi connectivity index (χ4n) is 4.87. The molecule has 1 aliphatic rings. The van der Waals surface area contributed by atoms with Gasteiger partial charge in [0.05, 0.1) is 16.1 Å². The van der Waals surface area contributed by atoms with Gasteiger partial charge in [0.2, 0.25) is 5.91 Å². The summed E-state index contributed by atoms with van der Waals surface area (Å²) in [5.41, 5.74) is 3.54. The van der Waals surface area contributed by atoms with Crippen molar-refractivity contribution in [3.05, 3.63) is 83.7 Å². The molecule has 1 atom stereocenters. The van der Waals surface area contributed by atoms with Gasteiger partial charge in [0.25, 0.3) is 10.0 Å². The number of hydrogen-bond donors (Lipinski definition) is 3. The van der Waals surface area contributed by atoms with E-state index in [9.17, 15) is 18.0 Å². The predicted octanol–water partition coefficient (Wildman–Crippen LogP) is 5.60. The Bertz CT molecular complexity index is 1710. The lowest BCUT2D eigenvalue weighted by atomic mass is 10.1. The molecule has 2 amide bonds. The third kappa shape index (κ3) is 6.73. The molecule has 0 saturated carbocycles. The molecule has 0 aliphatic carbocycles. The normalized spacial score (nSPS) is 15.5. The number of ether oxygens (including phenoxy) is 1. The van der Waals surface area contributed by atoms with Gasteiger partial charge < -0.3 is 15.0 Å². The van der Waals surface area contributed by atoms with Crippen LogP contribution in [-0.2, 0) is 26.0 Å². The number of aromatic nitrogens is 2. The zero-order chi connectivity index (χ0) is 30.1. The molecule has 1 aliphatic heterocycles. The molecule has 42 heavy (non-hydrogen) atoms. The van der Waals surface area contributed by atoms with E-state index in [0.29, 0.717) is 47.6 Å². The Morgan fingerprint density at radius 1 is 1.05 bits per heavy atom. The zero-order valence-corrected chi connectivity index (χ0v) is 24.9. The van der Waals surface area contributed by atoms with E-state index in [1.165, 1.54) is 4.90 Å². The SMILES string of the molecule is Cc1ccc(S(=O)(=O)Nc2cccc3[nH]c(Cc4ccc(NC(=O)[C@@H]5CCCN5C(=O)OC(C)(C)C)cc4)nc23)cc1. The summed E-state index contributed by atoms with van der Waals surface area (Å²) in [4.78, 5) is 35.2. The van der Waals surface area contributed by atoms with Crippen LogP contribution >= 0.6 is 0 Å². The van der Waals surface area contributed by atoms with Gasteiger partial charge in [-0.25, -0.2) is 18.2 Å². The molecule has 0 unspecified atom stereocenters. The van der Waals surface area contributed by atoms with Gasteiger partial charge in [-0.2, -0.15) is 0 Å². The van der Waals surface area contributed by atoms with E-state index >= 15 is 0 Å². The second kappa shape index (κ2) is 11.5. The maximum Gasteiger partial charge on any atom is 0.410 e. The van der Waals surface area contributed by atoms with Crippen LogP contribution in [-0.4, -0.2) is 53.5 Å². The first-order valence-corrected chi connectivity index (χ1v) is 15.3. The third-order valence-electron chi connectivity index (χ3n) is 6.91. The van der Waals surface area contributed by atoms with Crippen molar-refractivity contribution in [3.63, 3.8) is 0 Å². The van der Waals surface area contributed by atoms with Crippen molar-refractivity contribution in [2.75, 3.05) is 16.6 Å². The van der Waals surface area contributed by atoms with Gasteiger partial charge in [-0.15, -0.1) is 0 Å². The maximum absolute atomic E-state index is 13.0. The Labute approximate surface area is 245 Å². The van der Waals surface area contributed by atoms with Gasteiger partial charge in [-0.3, -0.25) is 14.4 Å². The highest BCUT2D eigenvalue weighted by Crippen LogP contribution is 2.26. The molecule has 11 heteroatoms. The lowest BCUT2D eigenvalue weighted by molar-refractivity contribution is -0.120. The average Bonchev–Trinajstić information content (AvgIpc) is 3.57. The number of nitrogens with one attached hydrogen (secondary N) is 3. The molecule has 4 aromatic rings. The zero-order valence-electron chi connectivity index (χ0n) is 24.1. The van der Waals surface area contributed by atoms with Crippen LogP contribution in [0.25, 0.3) is 11.0 Å². The number of aromatic amines is 1.